The molecule has 0 fully saturated rings. The van der Waals surface area contributed by atoms with Crippen LogP contribution < -0.4 is 5.32 Å². The lowest BCUT2D eigenvalue weighted by atomic mass is 10.1. The summed E-state index contributed by atoms with van der Waals surface area (Å²) in [6.45, 7) is 4.39. The summed E-state index contributed by atoms with van der Waals surface area (Å²) in [6.07, 6.45) is 1.18. The van der Waals surface area contributed by atoms with Crippen LogP contribution in [0.1, 0.15) is 24.9 Å². The Labute approximate surface area is 107 Å². The van der Waals surface area contributed by atoms with Crippen LogP contribution in [0.4, 0.5) is 0 Å². The van der Waals surface area contributed by atoms with Crippen LogP contribution in [0.25, 0.3) is 0 Å². The zero-order chi connectivity index (χ0) is 12.0. The Morgan fingerprint density at radius 3 is 2.62 bits per heavy atom. The molecule has 1 atom stereocenters. The summed E-state index contributed by atoms with van der Waals surface area (Å²) in [4.78, 5) is 2.21. The van der Waals surface area contributed by atoms with E-state index in [0.717, 1.165) is 13.1 Å². The van der Waals surface area contributed by atoms with Crippen molar-refractivity contribution in [2.24, 2.45) is 0 Å². The van der Waals surface area contributed by atoms with E-state index >= 15 is 0 Å². The van der Waals surface area contributed by atoms with Crippen LogP contribution in [0.3, 0.4) is 0 Å². The summed E-state index contributed by atoms with van der Waals surface area (Å²) in [7, 11) is 4.22. The van der Waals surface area contributed by atoms with E-state index in [4.69, 9.17) is 0 Å². The first-order chi connectivity index (χ1) is 7.61. The Hall–Kier alpha value is -0.380. The summed E-state index contributed by atoms with van der Waals surface area (Å²) in [5.74, 6) is 0. The zero-order valence-corrected chi connectivity index (χ0v) is 11.9. The lowest BCUT2D eigenvalue weighted by Crippen LogP contribution is -2.24. The first-order valence-electron chi connectivity index (χ1n) is 5.74. The molecule has 0 aliphatic rings. The molecule has 0 heterocycles. The third kappa shape index (κ3) is 4.64. The average molecular weight is 285 g/mol. The summed E-state index contributed by atoms with van der Waals surface area (Å²) in [5.41, 5.74) is 1.33. The molecular formula is C13H21BrN2. The fourth-order valence-corrected chi connectivity index (χ4v) is 2.28. The van der Waals surface area contributed by atoms with Crippen molar-refractivity contribution in [1.82, 2.24) is 10.2 Å². The van der Waals surface area contributed by atoms with E-state index in [9.17, 15) is 0 Å². The van der Waals surface area contributed by atoms with Crippen molar-refractivity contribution in [1.29, 1.82) is 0 Å². The maximum absolute atomic E-state index is 3.58. The number of rotatable bonds is 6. The highest BCUT2D eigenvalue weighted by Crippen LogP contribution is 2.22. The molecule has 90 valence electrons. The van der Waals surface area contributed by atoms with Gasteiger partial charge in [-0.2, -0.15) is 0 Å². The number of nitrogens with zero attached hydrogens (tertiary/aromatic N) is 1. The summed E-state index contributed by atoms with van der Waals surface area (Å²) in [6, 6.07) is 8.78. The second-order valence-electron chi connectivity index (χ2n) is 4.35. The van der Waals surface area contributed by atoms with Crippen LogP contribution in [0, 0.1) is 0 Å². The minimum absolute atomic E-state index is 0.401. The van der Waals surface area contributed by atoms with E-state index in [2.05, 4.69) is 65.4 Å². The van der Waals surface area contributed by atoms with Gasteiger partial charge in [0.05, 0.1) is 0 Å². The molecular weight excluding hydrogens is 264 g/mol. The van der Waals surface area contributed by atoms with E-state index in [-0.39, 0.29) is 0 Å². The smallest absolute Gasteiger partial charge is 0.0302 e. The highest BCUT2D eigenvalue weighted by molar-refractivity contribution is 9.10. The quantitative estimate of drug-likeness (QED) is 0.808. The van der Waals surface area contributed by atoms with Gasteiger partial charge in [0.25, 0.3) is 0 Å². The number of hydrogen-bond donors (Lipinski definition) is 1. The molecule has 1 rings (SSSR count). The number of halogens is 1. The van der Waals surface area contributed by atoms with Crippen LogP contribution in [0.2, 0.25) is 0 Å². The normalized spacial score (nSPS) is 13.1. The summed E-state index contributed by atoms with van der Waals surface area (Å²) in [5, 5.41) is 3.54. The van der Waals surface area contributed by atoms with Gasteiger partial charge in [0.15, 0.2) is 0 Å². The third-order valence-corrected chi connectivity index (χ3v) is 3.33. The van der Waals surface area contributed by atoms with Gasteiger partial charge < -0.3 is 10.2 Å². The first-order valence-corrected chi connectivity index (χ1v) is 6.53. The molecule has 16 heavy (non-hydrogen) atoms. The van der Waals surface area contributed by atoms with Gasteiger partial charge in [-0.05, 0) is 52.2 Å². The van der Waals surface area contributed by atoms with Gasteiger partial charge in [0.1, 0.15) is 0 Å². The molecule has 1 aromatic rings. The van der Waals surface area contributed by atoms with E-state index in [1.165, 1.54) is 16.5 Å². The van der Waals surface area contributed by atoms with E-state index in [1.54, 1.807) is 0 Å². The average Bonchev–Trinajstić information content (AvgIpc) is 2.24. The molecule has 0 bridgehead atoms. The van der Waals surface area contributed by atoms with Crippen LogP contribution in [0.15, 0.2) is 28.7 Å². The van der Waals surface area contributed by atoms with Gasteiger partial charge in [-0.3, -0.25) is 0 Å². The van der Waals surface area contributed by atoms with Gasteiger partial charge in [-0.25, -0.2) is 0 Å². The largest absolute Gasteiger partial charge is 0.310 e. The molecule has 3 heteroatoms. The van der Waals surface area contributed by atoms with Crippen LogP contribution in [-0.4, -0.2) is 32.1 Å². The third-order valence-electron chi connectivity index (χ3n) is 2.60. The molecule has 0 radical (unpaired) electrons. The molecule has 0 saturated heterocycles. The number of benzene rings is 1. The predicted octanol–water partition coefficient (Wildman–Crippen LogP) is 3.05. The Balaban J connectivity index is 2.35. The number of nitrogens with one attached hydrogen (secondary N) is 1. The van der Waals surface area contributed by atoms with Crippen molar-refractivity contribution in [3.8, 4) is 0 Å². The second-order valence-corrected chi connectivity index (χ2v) is 5.21. The molecule has 1 unspecified atom stereocenters. The SMILES string of the molecule is CC(NCCCN(C)C)c1ccccc1Br. The molecule has 0 amide bonds. The molecule has 0 spiro atoms. The highest BCUT2D eigenvalue weighted by Gasteiger charge is 2.07. The van der Waals surface area contributed by atoms with Crippen molar-refractivity contribution >= 4 is 15.9 Å². The Morgan fingerprint density at radius 1 is 1.31 bits per heavy atom. The van der Waals surface area contributed by atoms with Crippen LogP contribution in [-0.2, 0) is 0 Å². The first kappa shape index (κ1) is 13.7. The fourth-order valence-electron chi connectivity index (χ4n) is 1.65. The molecule has 0 aliphatic carbocycles. The minimum Gasteiger partial charge on any atom is -0.310 e. The van der Waals surface area contributed by atoms with Gasteiger partial charge in [0.2, 0.25) is 0 Å². The second kappa shape index (κ2) is 7.05. The van der Waals surface area contributed by atoms with Gasteiger partial charge in [0, 0.05) is 10.5 Å². The van der Waals surface area contributed by atoms with E-state index < -0.39 is 0 Å². The maximum atomic E-state index is 3.58. The predicted molar refractivity (Wildman–Crippen MR) is 73.7 cm³/mol. The zero-order valence-electron chi connectivity index (χ0n) is 10.3. The van der Waals surface area contributed by atoms with Crippen molar-refractivity contribution < 1.29 is 0 Å². The minimum atomic E-state index is 0.401. The molecule has 0 aromatic heterocycles. The van der Waals surface area contributed by atoms with Gasteiger partial charge in [-0.1, -0.05) is 34.1 Å². The Bertz CT molecular complexity index is 313. The number of hydrogen-bond acceptors (Lipinski definition) is 2. The molecule has 1 aromatic carbocycles. The van der Waals surface area contributed by atoms with Crippen molar-refractivity contribution in [2.75, 3.05) is 27.2 Å². The lowest BCUT2D eigenvalue weighted by Gasteiger charge is -2.16. The van der Waals surface area contributed by atoms with Crippen LogP contribution in [0.5, 0.6) is 0 Å². The maximum Gasteiger partial charge on any atom is 0.0302 e. The Morgan fingerprint density at radius 2 is 2.00 bits per heavy atom. The van der Waals surface area contributed by atoms with Crippen molar-refractivity contribution in [3.05, 3.63) is 34.3 Å². The van der Waals surface area contributed by atoms with Gasteiger partial charge in [-0.15, -0.1) is 0 Å². The molecule has 0 aliphatic heterocycles. The van der Waals surface area contributed by atoms with E-state index in [1.807, 2.05) is 6.07 Å². The van der Waals surface area contributed by atoms with Crippen molar-refractivity contribution in [2.45, 2.75) is 19.4 Å². The van der Waals surface area contributed by atoms with Gasteiger partial charge >= 0.3 is 0 Å². The van der Waals surface area contributed by atoms with Crippen LogP contribution >= 0.6 is 15.9 Å². The molecule has 1 N–H and O–H groups in total. The fraction of sp³-hybridized carbons (Fsp3) is 0.538. The van der Waals surface area contributed by atoms with Crippen molar-refractivity contribution in [3.63, 3.8) is 0 Å². The Kier molecular flexibility index (Phi) is 6.03. The highest BCUT2D eigenvalue weighted by atomic mass is 79.9. The summed E-state index contributed by atoms with van der Waals surface area (Å²) >= 11 is 3.58. The topological polar surface area (TPSA) is 15.3 Å². The molecule has 2 nitrogen and oxygen atoms in total. The summed E-state index contributed by atoms with van der Waals surface area (Å²) < 4.78 is 1.18. The van der Waals surface area contributed by atoms with E-state index in [0.29, 0.717) is 6.04 Å². The lowest BCUT2D eigenvalue weighted by molar-refractivity contribution is 0.389. The molecule has 0 saturated carbocycles. The standard InChI is InChI=1S/C13H21BrN2/c1-11(15-9-6-10-16(2)3)12-7-4-5-8-13(12)14/h4-5,7-8,11,15H,6,9-10H2,1-3H3. The monoisotopic (exact) mass is 284 g/mol.